The van der Waals surface area contributed by atoms with Gasteiger partial charge in [-0.25, -0.2) is 0 Å². The van der Waals surface area contributed by atoms with Crippen LogP contribution in [0.15, 0.2) is 71.8 Å². The third-order valence-electron chi connectivity index (χ3n) is 3.75. The fraction of sp³-hybridized carbons (Fsp3) is 0.0500. The Hall–Kier alpha value is -3.09. The molecule has 3 rings (SSSR count). The van der Waals surface area contributed by atoms with Gasteiger partial charge in [-0.05, 0) is 35.9 Å². The molecule has 0 atom stereocenters. The van der Waals surface area contributed by atoms with E-state index in [0.717, 1.165) is 11.1 Å². The van der Waals surface area contributed by atoms with Crippen LogP contribution in [0, 0.1) is 10.1 Å². The van der Waals surface area contributed by atoms with Crippen LogP contribution in [0.2, 0.25) is 10.0 Å². The smallest absolute Gasteiger partial charge is 0.271 e. The number of hydrogen-bond donors (Lipinski definition) is 1. The molecule has 8 heteroatoms. The van der Waals surface area contributed by atoms with Crippen molar-refractivity contribution in [2.45, 2.75) is 6.61 Å². The molecular formula is C20H15Cl2N3O3. The van der Waals surface area contributed by atoms with Crippen molar-refractivity contribution in [1.82, 2.24) is 0 Å². The number of hydrazone groups is 1. The molecule has 0 aliphatic carbocycles. The molecule has 0 aliphatic heterocycles. The van der Waals surface area contributed by atoms with Crippen LogP contribution in [0.3, 0.4) is 0 Å². The largest absolute Gasteiger partial charge is 0.488 e. The van der Waals surface area contributed by atoms with Crippen molar-refractivity contribution in [1.29, 1.82) is 0 Å². The Morgan fingerprint density at radius 1 is 1.04 bits per heavy atom. The van der Waals surface area contributed by atoms with Gasteiger partial charge in [0.1, 0.15) is 12.4 Å². The molecule has 0 radical (unpaired) electrons. The number of nitro benzene ring substituents is 1. The van der Waals surface area contributed by atoms with E-state index in [2.05, 4.69) is 10.5 Å². The lowest BCUT2D eigenvalue weighted by atomic mass is 10.2. The van der Waals surface area contributed by atoms with Crippen LogP contribution in [0.5, 0.6) is 5.75 Å². The summed E-state index contributed by atoms with van der Waals surface area (Å²) in [6.45, 7) is 0.319. The van der Waals surface area contributed by atoms with Gasteiger partial charge in [0.05, 0.1) is 26.9 Å². The van der Waals surface area contributed by atoms with Crippen molar-refractivity contribution in [3.63, 3.8) is 0 Å². The van der Waals surface area contributed by atoms with Gasteiger partial charge < -0.3 is 4.74 Å². The monoisotopic (exact) mass is 415 g/mol. The van der Waals surface area contributed by atoms with E-state index in [4.69, 9.17) is 27.9 Å². The second kappa shape index (κ2) is 9.21. The number of nitro groups is 1. The molecule has 0 spiro atoms. The molecule has 0 fully saturated rings. The van der Waals surface area contributed by atoms with E-state index in [1.807, 2.05) is 30.3 Å². The van der Waals surface area contributed by atoms with Crippen LogP contribution in [-0.4, -0.2) is 11.1 Å². The number of halogens is 2. The SMILES string of the molecule is O=[N+]([O-])c1cccc(NN=Cc2ccccc2OCc2ccc(Cl)c(Cl)c2)c1. The van der Waals surface area contributed by atoms with Gasteiger partial charge in [0.15, 0.2) is 0 Å². The van der Waals surface area contributed by atoms with Crippen LogP contribution in [-0.2, 0) is 6.61 Å². The molecule has 0 aromatic heterocycles. The van der Waals surface area contributed by atoms with Crippen molar-refractivity contribution in [3.8, 4) is 5.75 Å². The Labute approximate surface area is 171 Å². The zero-order valence-electron chi connectivity index (χ0n) is 14.5. The molecule has 0 saturated heterocycles. The second-order valence-corrected chi connectivity index (χ2v) is 6.57. The molecule has 0 unspecified atom stereocenters. The third kappa shape index (κ3) is 5.22. The summed E-state index contributed by atoms with van der Waals surface area (Å²) in [6, 6.07) is 18.8. The summed E-state index contributed by atoms with van der Waals surface area (Å²) in [5.74, 6) is 0.637. The maximum atomic E-state index is 10.8. The van der Waals surface area contributed by atoms with E-state index in [9.17, 15) is 10.1 Å². The summed E-state index contributed by atoms with van der Waals surface area (Å²) in [5, 5.41) is 15.9. The van der Waals surface area contributed by atoms with E-state index in [0.29, 0.717) is 28.1 Å². The quantitative estimate of drug-likeness (QED) is 0.294. The van der Waals surface area contributed by atoms with Gasteiger partial charge in [-0.1, -0.05) is 47.5 Å². The van der Waals surface area contributed by atoms with E-state index >= 15 is 0 Å². The molecule has 3 aromatic carbocycles. The zero-order chi connectivity index (χ0) is 19.9. The topological polar surface area (TPSA) is 76.8 Å². The van der Waals surface area contributed by atoms with Crippen LogP contribution in [0.25, 0.3) is 0 Å². The van der Waals surface area contributed by atoms with E-state index < -0.39 is 4.92 Å². The number of benzene rings is 3. The van der Waals surface area contributed by atoms with Crippen molar-refractivity contribution >= 4 is 40.8 Å². The number of para-hydroxylation sites is 1. The van der Waals surface area contributed by atoms with Crippen LogP contribution in [0.4, 0.5) is 11.4 Å². The molecule has 0 amide bonds. The minimum absolute atomic E-state index is 0.00874. The minimum atomic E-state index is -0.457. The number of rotatable bonds is 7. The average molecular weight is 416 g/mol. The number of nitrogens with zero attached hydrogens (tertiary/aromatic N) is 2. The molecular weight excluding hydrogens is 401 g/mol. The first-order chi connectivity index (χ1) is 13.5. The summed E-state index contributed by atoms with van der Waals surface area (Å²) in [5.41, 5.74) is 4.92. The van der Waals surface area contributed by atoms with Crippen LogP contribution in [0.1, 0.15) is 11.1 Å². The van der Waals surface area contributed by atoms with Gasteiger partial charge in [0.25, 0.3) is 5.69 Å². The maximum absolute atomic E-state index is 10.8. The number of ether oxygens (including phenoxy) is 1. The normalized spacial score (nSPS) is 10.8. The third-order valence-corrected chi connectivity index (χ3v) is 4.49. The molecule has 0 heterocycles. The first-order valence-electron chi connectivity index (χ1n) is 8.22. The molecule has 3 aromatic rings. The van der Waals surface area contributed by atoms with Crippen molar-refractivity contribution in [3.05, 3.63) is 98.0 Å². The fourth-order valence-electron chi connectivity index (χ4n) is 2.37. The Morgan fingerprint density at radius 3 is 2.64 bits per heavy atom. The minimum Gasteiger partial charge on any atom is -0.488 e. The van der Waals surface area contributed by atoms with E-state index in [1.165, 1.54) is 12.1 Å². The highest BCUT2D eigenvalue weighted by Crippen LogP contribution is 2.24. The highest BCUT2D eigenvalue weighted by atomic mass is 35.5. The van der Waals surface area contributed by atoms with Gasteiger partial charge in [0, 0.05) is 17.7 Å². The molecule has 142 valence electrons. The van der Waals surface area contributed by atoms with Crippen LogP contribution >= 0.6 is 23.2 Å². The van der Waals surface area contributed by atoms with Gasteiger partial charge in [-0.15, -0.1) is 0 Å². The predicted octanol–water partition coefficient (Wildman–Crippen LogP) is 5.93. The van der Waals surface area contributed by atoms with E-state index in [-0.39, 0.29) is 5.69 Å². The molecule has 0 bridgehead atoms. The zero-order valence-corrected chi connectivity index (χ0v) is 16.0. The lowest BCUT2D eigenvalue weighted by Crippen LogP contribution is -1.99. The van der Waals surface area contributed by atoms with Crippen molar-refractivity contribution in [2.75, 3.05) is 5.43 Å². The summed E-state index contributed by atoms with van der Waals surface area (Å²) in [7, 11) is 0. The summed E-state index contributed by atoms with van der Waals surface area (Å²) < 4.78 is 5.86. The first kappa shape index (κ1) is 19.7. The predicted molar refractivity (Wildman–Crippen MR) is 112 cm³/mol. The Morgan fingerprint density at radius 2 is 1.86 bits per heavy atom. The van der Waals surface area contributed by atoms with E-state index in [1.54, 1.807) is 30.5 Å². The molecule has 1 N–H and O–H groups in total. The number of anilines is 1. The van der Waals surface area contributed by atoms with Gasteiger partial charge in [0.2, 0.25) is 0 Å². The van der Waals surface area contributed by atoms with Crippen molar-refractivity contribution < 1.29 is 9.66 Å². The Kier molecular flexibility index (Phi) is 6.47. The standard InChI is InChI=1S/C20H15Cl2N3O3/c21-18-9-8-14(10-19(18)22)13-28-20-7-2-1-4-15(20)12-23-24-16-5-3-6-17(11-16)25(26)27/h1-12,24H,13H2. The molecule has 0 aliphatic rings. The number of nitrogens with one attached hydrogen (secondary N) is 1. The summed E-state index contributed by atoms with van der Waals surface area (Å²) in [6.07, 6.45) is 1.59. The highest BCUT2D eigenvalue weighted by Gasteiger charge is 2.06. The first-order valence-corrected chi connectivity index (χ1v) is 8.98. The van der Waals surface area contributed by atoms with Gasteiger partial charge in [-0.3, -0.25) is 15.5 Å². The highest BCUT2D eigenvalue weighted by molar-refractivity contribution is 6.42. The Bertz CT molecular complexity index is 1030. The molecule has 28 heavy (non-hydrogen) atoms. The summed E-state index contributed by atoms with van der Waals surface area (Å²) in [4.78, 5) is 10.4. The lowest BCUT2D eigenvalue weighted by molar-refractivity contribution is -0.384. The average Bonchev–Trinajstić information content (AvgIpc) is 2.70. The van der Waals surface area contributed by atoms with Gasteiger partial charge >= 0.3 is 0 Å². The molecule has 0 saturated carbocycles. The Balaban J connectivity index is 1.68. The van der Waals surface area contributed by atoms with Gasteiger partial charge in [-0.2, -0.15) is 5.10 Å². The second-order valence-electron chi connectivity index (χ2n) is 5.75. The maximum Gasteiger partial charge on any atom is 0.271 e. The summed E-state index contributed by atoms with van der Waals surface area (Å²) >= 11 is 11.9. The molecule has 6 nitrogen and oxygen atoms in total. The van der Waals surface area contributed by atoms with Crippen LogP contribution < -0.4 is 10.2 Å². The lowest BCUT2D eigenvalue weighted by Gasteiger charge is -2.09. The van der Waals surface area contributed by atoms with Crippen molar-refractivity contribution in [2.24, 2.45) is 5.10 Å². The number of hydrogen-bond acceptors (Lipinski definition) is 5. The fourth-order valence-corrected chi connectivity index (χ4v) is 2.70. The number of non-ortho nitro benzene ring substituents is 1.